The average Bonchev–Trinajstić information content (AvgIpc) is 3.27. The van der Waals surface area contributed by atoms with Crippen molar-refractivity contribution in [2.75, 3.05) is 0 Å². The van der Waals surface area contributed by atoms with Gasteiger partial charge in [-0.25, -0.2) is 0 Å². The van der Waals surface area contributed by atoms with Crippen LogP contribution >= 0.6 is 0 Å². The first kappa shape index (κ1) is 60.4. The first-order chi connectivity index (χ1) is 30.6. The molecular formula is C58H111NO3. The number of rotatable bonds is 52. The van der Waals surface area contributed by atoms with Crippen molar-refractivity contribution in [3.8, 4) is 0 Å². The van der Waals surface area contributed by atoms with Crippen LogP contribution in [-0.4, -0.2) is 21.9 Å². The molecule has 1 atom stereocenters. The number of carbonyl (C=O) groups is 2. The molecule has 0 radical (unpaired) electrons. The number of unbranched alkanes of at least 4 members (excludes halogenated alkanes) is 43. The quantitative estimate of drug-likeness (QED) is 0.0620. The SMILES string of the molecule is CCCCCCCCCCCCCCC=CN(C=CCCCCCCCCCCCCCCCCCC)C(=O)CC(CCCCCCCCCCCCCCCCCC)C(=O)O. The summed E-state index contributed by atoms with van der Waals surface area (Å²) >= 11 is 0. The maximum absolute atomic E-state index is 13.6. The lowest BCUT2D eigenvalue weighted by Crippen LogP contribution is -2.26. The van der Waals surface area contributed by atoms with E-state index in [1.165, 1.54) is 257 Å². The van der Waals surface area contributed by atoms with Crippen LogP contribution in [0, 0.1) is 5.92 Å². The van der Waals surface area contributed by atoms with E-state index in [9.17, 15) is 14.7 Å². The Morgan fingerprint density at radius 1 is 0.355 bits per heavy atom. The second-order valence-electron chi connectivity index (χ2n) is 19.7. The third kappa shape index (κ3) is 46.4. The van der Waals surface area contributed by atoms with Crippen molar-refractivity contribution in [1.29, 1.82) is 0 Å². The minimum absolute atomic E-state index is 0.0805. The van der Waals surface area contributed by atoms with E-state index in [-0.39, 0.29) is 12.3 Å². The number of aliphatic carboxylic acids is 1. The van der Waals surface area contributed by atoms with Crippen molar-refractivity contribution >= 4 is 11.9 Å². The Hall–Kier alpha value is -1.58. The number of carbonyl (C=O) groups excluding carboxylic acids is 1. The van der Waals surface area contributed by atoms with Crippen LogP contribution in [0.3, 0.4) is 0 Å². The van der Waals surface area contributed by atoms with Crippen molar-refractivity contribution in [3.63, 3.8) is 0 Å². The molecule has 0 rings (SSSR count). The molecule has 0 fully saturated rings. The predicted octanol–water partition coefficient (Wildman–Crippen LogP) is 20.3. The lowest BCUT2D eigenvalue weighted by Gasteiger charge is -2.17. The zero-order valence-corrected chi connectivity index (χ0v) is 42.5. The Kier molecular flexibility index (Phi) is 50.7. The summed E-state index contributed by atoms with van der Waals surface area (Å²) in [7, 11) is 0. The van der Waals surface area contributed by atoms with Crippen molar-refractivity contribution < 1.29 is 14.7 Å². The number of allylic oxidation sites excluding steroid dienone is 2. The molecule has 0 aliphatic heterocycles. The number of hydrogen-bond donors (Lipinski definition) is 1. The fourth-order valence-electron chi connectivity index (χ4n) is 9.07. The molecule has 0 aliphatic rings. The molecular weight excluding hydrogens is 759 g/mol. The first-order valence-electron chi connectivity index (χ1n) is 28.4. The Morgan fingerprint density at radius 3 is 0.823 bits per heavy atom. The lowest BCUT2D eigenvalue weighted by atomic mass is 9.96. The van der Waals surface area contributed by atoms with Gasteiger partial charge in [0.15, 0.2) is 0 Å². The van der Waals surface area contributed by atoms with Gasteiger partial charge in [0.25, 0.3) is 0 Å². The highest BCUT2D eigenvalue weighted by molar-refractivity contribution is 5.83. The van der Waals surface area contributed by atoms with Crippen LogP contribution in [0.5, 0.6) is 0 Å². The van der Waals surface area contributed by atoms with Gasteiger partial charge in [0.1, 0.15) is 0 Å². The van der Waals surface area contributed by atoms with E-state index in [2.05, 4.69) is 32.9 Å². The fraction of sp³-hybridized carbons (Fsp3) is 0.897. The highest BCUT2D eigenvalue weighted by Crippen LogP contribution is 2.20. The molecule has 0 heterocycles. The third-order valence-electron chi connectivity index (χ3n) is 13.4. The second-order valence-corrected chi connectivity index (χ2v) is 19.7. The Bertz CT molecular complexity index is 958. The maximum Gasteiger partial charge on any atom is 0.307 e. The van der Waals surface area contributed by atoms with Crippen LogP contribution in [0.4, 0.5) is 0 Å². The largest absolute Gasteiger partial charge is 0.481 e. The van der Waals surface area contributed by atoms with Gasteiger partial charge in [-0.2, -0.15) is 0 Å². The average molecular weight is 871 g/mol. The van der Waals surface area contributed by atoms with Crippen molar-refractivity contribution in [1.82, 2.24) is 4.90 Å². The second kappa shape index (κ2) is 52.0. The summed E-state index contributed by atoms with van der Waals surface area (Å²) < 4.78 is 0. The van der Waals surface area contributed by atoms with Crippen LogP contribution in [0.25, 0.3) is 0 Å². The first-order valence-corrected chi connectivity index (χ1v) is 28.4. The van der Waals surface area contributed by atoms with Crippen LogP contribution in [0.1, 0.15) is 329 Å². The molecule has 366 valence electrons. The van der Waals surface area contributed by atoms with Gasteiger partial charge in [-0.15, -0.1) is 0 Å². The monoisotopic (exact) mass is 870 g/mol. The molecule has 0 spiro atoms. The zero-order valence-electron chi connectivity index (χ0n) is 42.5. The van der Waals surface area contributed by atoms with Gasteiger partial charge in [-0.3, -0.25) is 14.5 Å². The number of carboxylic acids is 1. The van der Waals surface area contributed by atoms with Crippen molar-refractivity contribution in [2.24, 2.45) is 5.92 Å². The van der Waals surface area contributed by atoms with E-state index in [0.29, 0.717) is 6.42 Å². The van der Waals surface area contributed by atoms with E-state index < -0.39 is 11.9 Å². The fourth-order valence-corrected chi connectivity index (χ4v) is 9.07. The summed E-state index contributed by atoms with van der Waals surface area (Å²) in [4.78, 5) is 27.5. The van der Waals surface area contributed by atoms with E-state index in [1.54, 1.807) is 4.90 Å². The van der Waals surface area contributed by atoms with Crippen LogP contribution in [-0.2, 0) is 9.59 Å². The topological polar surface area (TPSA) is 57.6 Å². The minimum Gasteiger partial charge on any atom is -0.481 e. The summed E-state index contributed by atoms with van der Waals surface area (Å²) in [6.07, 6.45) is 69.7. The van der Waals surface area contributed by atoms with Gasteiger partial charge in [0, 0.05) is 18.8 Å². The normalized spacial score (nSPS) is 12.3. The summed E-state index contributed by atoms with van der Waals surface area (Å²) in [6, 6.07) is 0. The van der Waals surface area contributed by atoms with E-state index >= 15 is 0 Å². The van der Waals surface area contributed by atoms with E-state index in [0.717, 1.165) is 38.5 Å². The van der Waals surface area contributed by atoms with E-state index in [1.807, 2.05) is 12.4 Å². The van der Waals surface area contributed by atoms with Gasteiger partial charge in [-0.05, 0) is 32.1 Å². The van der Waals surface area contributed by atoms with Crippen LogP contribution in [0.2, 0.25) is 0 Å². The maximum atomic E-state index is 13.6. The van der Waals surface area contributed by atoms with Crippen LogP contribution < -0.4 is 0 Å². The number of hydrogen-bond acceptors (Lipinski definition) is 2. The molecule has 0 aromatic heterocycles. The summed E-state index contributed by atoms with van der Waals surface area (Å²) in [5.74, 6) is -1.50. The lowest BCUT2D eigenvalue weighted by molar-refractivity contribution is -0.145. The Morgan fingerprint density at radius 2 is 0.581 bits per heavy atom. The molecule has 1 N–H and O–H groups in total. The Labute approximate surface area is 389 Å². The number of amides is 1. The smallest absolute Gasteiger partial charge is 0.307 e. The van der Waals surface area contributed by atoms with E-state index in [4.69, 9.17) is 0 Å². The summed E-state index contributed by atoms with van der Waals surface area (Å²) in [5, 5.41) is 10.1. The molecule has 0 saturated heterocycles. The van der Waals surface area contributed by atoms with Crippen LogP contribution in [0.15, 0.2) is 24.6 Å². The predicted molar refractivity (Wildman–Crippen MR) is 275 cm³/mol. The van der Waals surface area contributed by atoms with Crippen molar-refractivity contribution in [2.45, 2.75) is 329 Å². The third-order valence-corrected chi connectivity index (χ3v) is 13.4. The Balaban J connectivity index is 4.51. The highest BCUT2D eigenvalue weighted by Gasteiger charge is 2.23. The summed E-state index contributed by atoms with van der Waals surface area (Å²) in [5.41, 5.74) is 0. The minimum atomic E-state index is -0.822. The zero-order chi connectivity index (χ0) is 45.1. The molecule has 1 unspecified atom stereocenters. The molecule has 62 heavy (non-hydrogen) atoms. The summed E-state index contributed by atoms with van der Waals surface area (Å²) in [6.45, 7) is 6.86. The van der Waals surface area contributed by atoms with Gasteiger partial charge in [-0.1, -0.05) is 303 Å². The number of nitrogens with zero attached hydrogens (tertiary/aromatic N) is 1. The van der Waals surface area contributed by atoms with Crippen molar-refractivity contribution in [3.05, 3.63) is 24.6 Å². The molecule has 0 bridgehead atoms. The molecule has 0 aliphatic carbocycles. The number of carboxylic acid groups (broad SMARTS) is 1. The van der Waals surface area contributed by atoms with Gasteiger partial charge in [0.2, 0.25) is 5.91 Å². The molecule has 4 heteroatoms. The molecule has 0 saturated carbocycles. The molecule has 1 amide bonds. The molecule has 0 aromatic carbocycles. The van der Waals surface area contributed by atoms with Gasteiger partial charge < -0.3 is 5.11 Å². The highest BCUT2D eigenvalue weighted by atomic mass is 16.4. The molecule has 4 nitrogen and oxygen atoms in total. The molecule has 0 aromatic rings. The van der Waals surface area contributed by atoms with Gasteiger partial charge in [0.05, 0.1) is 5.92 Å². The standard InChI is InChI=1S/C58H111NO3/c1-4-7-10-13-16-19-22-25-28-30-31-33-36-39-42-45-48-51-54-59(53-50-47-44-41-38-35-27-24-21-18-15-12-9-6-3)57(60)55-56(58(61)62)52-49-46-43-40-37-34-32-29-26-23-20-17-14-11-8-5-2/h50-51,53-54,56H,4-49,52,55H2,1-3H3,(H,61,62). The van der Waals surface area contributed by atoms with Gasteiger partial charge >= 0.3 is 5.97 Å².